The van der Waals surface area contributed by atoms with E-state index in [-0.39, 0.29) is 18.3 Å². The molecule has 0 saturated carbocycles. The van der Waals surface area contributed by atoms with Gasteiger partial charge in [0, 0.05) is 12.5 Å². The van der Waals surface area contributed by atoms with E-state index in [0.29, 0.717) is 17.9 Å². The first-order valence-electron chi connectivity index (χ1n) is 6.78. The molecule has 4 heteroatoms. The number of rotatable bonds is 3. The number of fused-ring (bicyclic) bond motifs is 1. The molecule has 1 aromatic carbocycles. The number of carbonyl (C=O) groups is 1. The van der Waals surface area contributed by atoms with Gasteiger partial charge in [-0.1, -0.05) is 18.1 Å². The summed E-state index contributed by atoms with van der Waals surface area (Å²) in [5.74, 6) is 1.75. The largest absolute Gasteiger partial charge is 0.485 e. The molecule has 104 valence electrons. The first kappa shape index (κ1) is 12.9. The molecule has 0 aliphatic heterocycles. The molecule has 0 N–H and O–H groups in total. The molecule has 0 saturated heterocycles. The number of Topliss-reactive ketones (excluding diaryl/α,β-unsaturated/α-hetero) is 1. The second kappa shape index (κ2) is 4.78. The molecule has 4 nitrogen and oxygen atoms in total. The maximum Gasteiger partial charge on any atom is 0.174 e. The van der Waals surface area contributed by atoms with Crippen LogP contribution in [0.3, 0.4) is 0 Å². The Hall–Kier alpha value is -2.10. The van der Waals surface area contributed by atoms with E-state index in [1.165, 1.54) is 0 Å². The minimum atomic E-state index is 0.167. The third-order valence-corrected chi connectivity index (χ3v) is 3.74. The molecular formula is C16H17NO3. The van der Waals surface area contributed by atoms with Crippen molar-refractivity contribution in [3.8, 4) is 5.75 Å². The van der Waals surface area contributed by atoms with Gasteiger partial charge in [0.2, 0.25) is 0 Å². The number of carbonyl (C=O) groups excluding carboxylic acids is 1. The summed E-state index contributed by atoms with van der Waals surface area (Å²) in [7, 11) is 0. The quantitative estimate of drug-likeness (QED) is 0.856. The number of benzene rings is 1. The number of ketones is 1. The van der Waals surface area contributed by atoms with Crippen LogP contribution in [-0.4, -0.2) is 10.9 Å². The SMILES string of the molecule is Cc1cc(COc2ccc(C)c3c2C(=O)CC3C)on1. The van der Waals surface area contributed by atoms with Crippen molar-refractivity contribution < 1.29 is 14.1 Å². The van der Waals surface area contributed by atoms with Gasteiger partial charge in [-0.25, -0.2) is 0 Å². The standard InChI is InChI=1S/C16H17NO3/c1-9-4-5-14(16-13(18)6-10(2)15(9)16)19-8-12-7-11(3)17-20-12/h4-5,7,10H,6,8H2,1-3H3. The molecule has 0 fully saturated rings. The smallest absolute Gasteiger partial charge is 0.174 e. The average Bonchev–Trinajstić information content (AvgIpc) is 2.94. The fourth-order valence-corrected chi connectivity index (χ4v) is 2.86. The number of hydrogen-bond acceptors (Lipinski definition) is 4. The van der Waals surface area contributed by atoms with Crippen molar-refractivity contribution >= 4 is 5.78 Å². The van der Waals surface area contributed by atoms with E-state index in [4.69, 9.17) is 9.26 Å². The van der Waals surface area contributed by atoms with Crippen LogP contribution in [0.15, 0.2) is 22.7 Å². The third-order valence-electron chi connectivity index (χ3n) is 3.74. The molecule has 1 aliphatic rings. The van der Waals surface area contributed by atoms with E-state index >= 15 is 0 Å². The van der Waals surface area contributed by atoms with Gasteiger partial charge in [-0.3, -0.25) is 4.79 Å². The lowest BCUT2D eigenvalue weighted by atomic mass is 9.97. The van der Waals surface area contributed by atoms with Gasteiger partial charge in [0.25, 0.3) is 0 Å². The lowest BCUT2D eigenvalue weighted by molar-refractivity contribution is 0.0986. The van der Waals surface area contributed by atoms with Crippen LogP contribution in [0, 0.1) is 13.8 Å². The third kappa shape index (κ3) is 2.11. The van der Waals surface area contributed by atoms with Gasteiger partial charge >= 0.3 is 0 Å². The fraction of sp³-hybridized carbons (Fsp3) is 0.375. The molecule has 0 amide bonds. The predicted octanol–water partition coefficient (Wildman–Crippen LogP) is 3.56. The molecule has 1 aromatic heterocycles. The van der Waals surface area contributed by atoms with Gasteiger partial charge in [0.1, 0.15) is 12.4 Å². The van der Waals surface area contributed by atoms with Gasteiger partial charge in [-0.15, -0.1) is 0 Å². The Morgan fingerprint density at radius 2 is 2.20 bits per heavy atom. The Kier molecular flexibility index (Phi) is 3.08. The van der Waals surface area contributed by atoms with E-state index in [2.05, 4.69) is 12.1 Å². The molecule has 1 unspecified atom stereocenters. The predicted molar refractivity (Wildman–Crippen MR) is 74.1 cm³/mol. The number of aromatic nitrogens is 1. The zero-order valence-electron chi connectivity index (χ0n) is 11.9. The van der Waals surface area contributed by atoms with E-state index in [1.807, 2.05) is 32.0 Å². The molecule has 3 rings (SSSR count). The maximum atomic E-state index is 12.1. The number of ether oxygens (including phenoxy) is 1. The van der Waals surface area contributed by atoms with Crippen molar-refractivity contribution in [2.45, 2.75) is 39.7 Å². The normalized spacial score (nSPS) is 17.4. The Balaban J connectivity index is 1.89. The van der Waals surface area contributed by atoms with Crippen LogP contribution < -0.4 is 4.74 Å². The first-order chi connectivity index (χ1) is 9.56. The molecule has 1 heterocycles. The van der Waals surface area contributed by atoms with Crippen LogP contribution in [0.1, 0.15) is 52.2 Å². The molecule has 2 aromatic rings. The summed E-state index contributed by atoms with van der Waals surface area (Å²) >= 11 is 0. The second-order valence-corrected chi connectivity index (χ2v) is 5.42. The van der Waals surface area contributed by atoms with Crippen molar-refractivity contribution in [1.29, 1.82) is 0 Å². The highest BCUT2D eigenvalue weighted by Crippen LogP contribution is 2.40. The monoisotopic (exact) mass is 271 g/mol. The molecule has 0 radical (unpaired) electrons. The van der Waals surface area contributed by atoms with Crippen LogP contribution in [0.5, 0.6) is 5.75 Å². The zero-order chi connectivity index (χ0) is 14.3. The lowest BCUT2D eigenvalue weighted by Gasteiger charge is -2.12. The minimum absolute atomic E-state index is 0.167. The summed E-state index contributed by atoms with van der Waals surface area (Å²) in [4.78, 5) is 12.1. The average molecular weight is 271 g/mol. The number of hydrogen-bond donors (Lipinski definition) is 0. The van der Waals surface area contributed by atoms with Gasteiger partial charge in [0.15, 0.2) is 11.5 Å². The summed E-state index contributed by atoms with van der Waals surface area (Å²) in [6, 6.07) is 5.71. The molecule has 1 atom stereocenters. The van der Waals surface area contributed by atoms with Crippen LogP contribution >= 0.6 is 0 Å². The number of nitrogens with zero attached hydrogens (tertiary/aromatic N) is 1. The van der Waals surface area contributed by atoms with Crippen molar-refractivity contribution in [1.82, 2.24) is 5.16 Å². The number of aryl methyl sites for hydroxylation is 2. The Labute approximate surface area is 117 Å². The summed E-state index contributed by atoms with van der Waals surface area (Å²) in [5.41, 5.74) is 3.85. The molecule has 1 aliphatic carbocycles. The van der Waals surface area contributed by atoms with Crippen LogP contribution in [0.25, 0.3) is 0 Å². The summed E-state index contributed by atoms with van der Waals surface area (Å²) in [6.45, 7) is 6.28. The van der Waals surface area contributed by atoms with Gasteiger partial charge in [-0.2, -0.15) is 0 Å². The van der Waals surface area contributed by atoms with E-state index < -0.39 is 0 Å². The molecule has 20 heavy (non-hydrogen) atoms. The Bertz CT molecular complexity index is 672. The van der Waals surface area contributed by atoms with E-state index in [1.54, 1.807) is 0 Å². The molecule has 0 spiro atoms. The van der Waals surface area contributed by atoms with Crippen molar-refractivity contribution in [3.05, 3.63) is 46.3 Å². The minimum Gasteiger partial charge on any atom is -0.485 e. The van der Waals surface area contributed by atoms with Gasteiger partial charge in [0.05, 0.1) is 11.3 Å². The zero-order valence-corrected chi connectivity index (χ0v) is 11.9. The molecular weight excluding hydrogens is 254 g/mol. The van der Waals surface area contributed by atoms with E-state index in [9.17, 15) is 4.79 Å². The van der Waals surface area contributed by atoms with Crippen LogP contribution in [0.2, 0.25) is 0 Å². The topological polar surface area (TPSA) is 52.3 Å². The van der Waals surface area contributed by atoms with Gasteiger partial charge in [-0.05, 0) is 37.0 Å². The summed E-state index contributed by atoms with van der Waals surface area (Å²) in [6.07, 6.45) is 0.567. The highest BCUT2D eigenvalue weighted by Gasteiger charge is 2.31. The van der Waals surface area contributed by atoms with Crippen LogP contribution in [-0.2, 0) is 6.61 Å². The summed E-state index contributed by atoms with van der Waals surface area (Å²) in [5, 5.41) is 3.82. The van der Waals surface area contributed by atoms with Crippen molar-refractivity contribution in [2.75, 3.05) is 0 Å². The highest BCUT2D eigenvalue weighted by molar-refractivity contribution is 6.04. The second-order valence-electron chi connectivity index (χ2n) is 5.42. The lowest BCUT2D eigenvalue weighted by Crippen LogP contribution is -2.02. The fourth-order valence-electron chi connectivity index (χ4n) is 2.86. The van der Waals surface area contributed by atoms with Crippen LogP contribution in [0.4, 0.5) is 0 Å². The van der Waals surface area contributed by atoms with Crippen molar-refractivity contribution in [3.63, 3.8) is 0 Å². The maximum absolute atomic E-state index is 12.1. The molecule has 0 bridgehead atoms. The van der Waals surface area contributed by atoms with Crippen molar-refractivity contribution in [2.24, 2.45) is 0 Å². The Morgan fingerprint density at radius 3 is 2.90 bits per heavy atom. The highest BCUT2D eigenvalue weighted by atomic mass is 16.5. The first-order valence-corrected chi connectivity index (χ1v) is 6.78. The summed E-state index contributed by atoms with van der Waals surface area (Å²) < 4.78 is 10.9. The Morgan fingerprint density at radius 1 is 1.40 bits per heavy atom. The van der Waals surface area contributed by atoms with Gasteiger partial charge < -0.3 is 9.26 Å². The van der Waals surface area contributed by atoms with E-state index in [0.717, 1.165) is 22.4 Å².